The van der Waals surface area contributed by atoms with Gasteiger partial charge in [-0.05, 0) is 44.7 Å². The van der Waals surface area contributed by atoms with E-state index >= 15 is 0 Å². The van der Waals surface area contributed by atoms with Gasteiger partial charge in [0.15, 0.2) is 0 Å². The van der Waals surface area contributed by atoms with Crippen molar-refractivity contribution in [1.82, 2.24) is 4.83 Å². The zero-order chi connectivity index (χ0) is 17.0. The van der Waals surface area contributed by atoms with Crippen molar-refractivity contribution in [2.75, 3.05) is 0 Å². The summed E-state index contributed by atoms with van der Waals surface area (Å²) < 4.78 is 23.9. The van der Waals surface area contributed by atoms with Gasteiger partial charge in [0.05, 0.1) is 4.90 Å². The van der Waals surface area contributed by atoms with Gasteiger partial charge in [0.1, 0.15) is 0 Å². The number of rotatable bonds is 12. The van der Waals surface area contributed by atoms with Gasteiger partial charge in [0, 0.05) is 6.21 Å². The lowest BCUT2D eigenvalue weighted by atomic mass is 10.1. The summed E-state index contributed by atoms with van der Waals surface area (Å²) in [5.74, 6) is 0. The van der Waals surface area contributed by atoms with Gasteiger partial charge in [-0.15, -0.1) is 6.58 Å². The second kappa shape index (κ2) is 11.0. The van der Waals surface area contributed by atoms with Crippen LogP contribution in [0.2, 0.25) is 0 Å². The van der Waals surface area contributed by atoms with Gasteiger partial charge < -0.3 is 0 Å². The molecule has 0 aliphatic carbocycles. The van der Waals surface area contributed by atoms with E-state index in [0.29, 0.717) is 0 Å². The van der Waals surface area contributed by atoms with Crippen LogP contribution in [0.15, 0.2) is 46.9 Å². The van der Waals surface area contributed by atoms with Gasteiger partial charge in [-0.3, -0.25) is 0 Å². The fourth-order valence-electron chi connectivity index (χ4n) is 2.17. The number of unbranched alkanes of at least 4 members (excludes halogenated alkanes) is 7. The van der Waals surface area contributed by atoms with E-state index in [1.165, 1.54) is 25.7 Å². The Kier molecular flexibility index (Phi) is 9.29. The molecule has 0 saturated heterocycles. The van der Waals surface area contributed by atoms with Crippen LogP contribution < -0.4 is 4.83 Å². The predicted molar refractivity (Wildman–Crippen MR) is 97.1 cm³/mol. The number of hydrogen-bond acceptors (Lipinski definition) is 3. The summed E-state index contributed by atoms with van der Waals surface area (Å²) in [5, 5.41) is 3.83. The zero-order valence-electron chi connectivity index (χ0n) is 14.0. The van der Waals surface area contributed by atoms with E-state index in [0.717, 1.165) is 31.2 Å². The summed E-state index contributed by atoms with van der Waals surface area (Å²) in [7, 11) is -3.54. The summed E-state index contributed by atoms with van der Waals surface area (Å²) in [6.45, 7) is 5.63. The molecular formula is C18H28N2O2S. The molecule has 1 N–H and O–H groups in total. The quantitative estimate of drug-likeness (QED) is 0.263. The van der Waals surface area contributed by atoms with Gasteiger partial charge in [0.25, 0.3) is 10.0 Å². The molecule has 0 aliphatic heterocycles. The van der Waals surface area contributed by atoms with E-state index in [1.54, 1.807) is 30.5 Å². The maximum atomic E-state index is 12.0. The normalized spacial score (nSPS) is 11.7. The maximum Gasteiger partial charge on any atom is 0.276 e. The predicted octanol–water partition coefficient (Wildman–Crippen LogP) is 4.57. The molecule has 0 heterocycles. The Labute approximate surface area is 140 Å². The molecule has 128 valence electrons. The average Bonchev–Trinajstić information content (AvgIpc) is 2.53. The van der Waals surface area contributed by atoms with Crippen molar-refractivity contribution in [2.45, 2.75) is 63.2 Å². The highest BCUT2D eigenvalue weighted by Gasteiger charge is 2.11. The van der Waals surface area contributed by atoms with E-state index < -0.39 is 10.0 Å². The first kappa shape index (κ1) is 19.4. The number of aryl methyl sites for hydroxylation is 1. The van der Waals surface area contributed by atoms with E-state index in [9.17, 15) is 8.42 Å². The average molecular weight is 337 g/mol. The SMILES string of the molecule is C=CCCCCCCCC/C=N\NS(=O)(=O)c1ccc(C)cc1. The summed E-state index contributed by atoms with van der Waals surface area (Å²) in [4.78, 5) is 2.49. The Balaban J connectivity index is 2.16. The summed E-state index contributed by atoms with van der Waals surface area (Å²) >= 11 is 0. The number of allylic oxidation sites excluding steroid dienone is 1. The molecule has 1 aromatic carbocycles. The van der Waals surface area contributed by atoms with E-state index in [1.807, 2.05) is 13.0 Å². The van der Waals surface area contributed by atoms with E-state index in [4.69, 9.17) is 0 Å². The van der Waals surface area contributed by atoms with Crippen molar-refractivity contribution in [3.8, 4) is 0 Å². The molecule has 0 unspecified atom stereocenters. The van der Waals surface area contributed by atoms with Crippen molar-refractivity contribution >= 4 is 16.2 Å². The Hall–Kier alpha value is -1.62. The first-order valence-corrected chi connectivity index (χ1v) is 9.75. The van der Waals surface area contributed by atoms with Crippen LogP contribution in [0.3, 0.4) is 0 Å². The molecule has 0 radical (unpaired) electrons. The Morgan fingerprint density at radius 3 is 2.17 bits per heavy atom. The van der Waals surface area contributed by atoms with Gasteiger partial charge in [0.2, 0.25) is 0 Å². The monoisotopic (exact) mass is 336 g/mol. The number of benzene rings is 1. The number of nitrogens with zero attached hydrogens (tertiary/aromatic N) is 1. The van der Waals surface area contributed by atoms with E-state index in [2.05, 4.69) is 16.5 Å². The molecule has 0 fully saturated rings. The van der Waals surface area contributed by atoms with Crippen LogP contribution in [0.25, 0.3) is 0 Å². The largest absolute Gasteiger partial charge is 0.276 e. The number of hydrogen-bond donors (Lipinski definition) is 1. The first-order chi connectivity index (χ1) is 11.1. The summed E-state index contributed by atoms with van der Waals surface area (Å²) in [6, 6.07) is 6.71. The van der Waals surface area contributed by atoms with Crippen LogP contribution in [-0.4, -0.2) is 14.6 Å². The smallest absolute Gasteiger partial charge is 0.200 e. The Morgan fingerprint density at radius 2 is 1.57 bits per heavy atom. The van der Waals surface area contributed by atoms with Gasteiger partial charge in [-0.2, -0.15) is 13.5 Å². The highest BCUT2D eigenvalue weighted by molar-refractivity contribution is 7.89. The summed E-state index contributed by atoms with van der Waals surface area (Å²) in [5.41, 5.74) is 1.02. The zero-order valence-corrected chi connectivity index (χ0v) is 14.8. The highest BCUT2D eigenvalue weighted by Crippen LogP contribution is 2.10. The highest BCUT2D eigenvalue weighted by atomic mass is 32.2. The van der Waals surface area contributed by atoms with Crippen LogP contribution in [0.1, 0.15) is 56.9 Å². The van der Waals surface area contributed by atoms with Gasteiger partial charge in [-0.25, -0.2) is 4.83 Å². The third kappa shape index (κ3) is 8.55. The molecule has 23 heavy (non-hydrogen) atoms. The van der Waals surface area contributed by atoms with Crippen molar-refractivity contribution < 1.29 is 8.42 Å². The molecule has 5 heteroatoms. The minimum absolute atomic E-state index is 0.236. The third-order valence-electron chi connectivity index (χ3n) is 3.59. The molecule has 1 aromatic rings. The second-order valence-corrected chi connectivity index (χ2v) is 7.37. The second-order valence-electron chi connectivity index (χ2n) is 5.71. The van der Waals surface area contributed by atoms with Crippen molar-refractivity contribution in [1.29, 1.82) is 0 Å². The molecule has 4 nitrogen and oxygen atoms in total. The number of hydrazone groups is 1. The van der Waals surface area contributed by atoms with Crippen LogP contribution in [0.5, 0.6) is 0 Å². The van der Waals surface area contributed by atoms with Crippen molar-refractivity contribution in [2.24, 2.45) is 5.10 Å². The topological polar surface area (TPSA) is 58.5 Å². The number of sulfonamides is 1. The molecule has 0 bridgehead atoms. The molecular weight excluding hydrogens is 308 g/mol. The minimum Gasteiger partial charge on any atom is -0.200 e. The molecule has 0 aromatic heterocycles. The Morgan fingerprint density at radius 1 is 1.00 bits per heavy atom. The lowest BCUT2D eigenvalue weighted by Crippen LogP contribution is -2.18. The standard InChI is InChI=1S/C18H28N2O2S/c1-3-4-5-6-7-8-9-10-11-16-19-20-23(21,22)18-14-12-17(2)13-15-18/h3,12-16,20H,1,4-11H2,2H3/b19-16-. The maximum absolute atomic E-state index is 12.0. The first-order valence-electron chi connectivity index (χ1n) is 8.27. The fraction of sp³-hybridized carbons (Fsp3) is 0.500. The van der Waals surface area contributed by atoms with Crippen LogP contribution >= 0.6 is 0 Å². The van der Waals surface area contributed by atoms with Crippen molar-refractivity contribution in [3.05, 3.63) is 42.5 Å². The van der Waals surface area contributed by atoms with Gasteiger partial charge >= 0.3 is 0 Å². The number of nitrogens with one attached hydrogen (secondary N) is 1. The lowest BCUT2D eigenvalue weighted by Gasteiger charge is -2.03. The van der Waals surface area contributed by atoms with E-state index in [-0.39, 0.29) is 4.90 Å². The minimum atomic E-state index is -3.54. The fourth-order valence-corrected chi connectivity index (χ4v) is 2.99. The van der Waals surface area contributed by atoms with Crippen LogP contribution in [0, 0.1) is 6.92 Å². The molecule has 0 spiro atoms. The lowest BCUT2D eigenvalue weighted by molar-refractivity contribution is 0.584. The molecule has 0 saturated carbocycles. The molecule has 0 atom stereocenters. The molecule has 0 amide bonds. The van der Waals surface area contributed by atoms with Crippen LogP contribution in [-0.2, 0) is 10.0 Å². The van der Waals surface area contributed by atoms with Crippen molar-refractivity contribution in [3.63, 3.8) is 0 Å². The summed E-state index contributed by atoms with van der Waals surface area (Å²) in [6.07, 6.45) is 12.7. The molecule has 1 rings (SSSR count). The van der Waals surface area contributed by atoms with Gasteiger partial charge in [-0.1, -0.05) is 49.5 Å². The Bertz CT molecular complexity index is 578. The molecule has 0 aliphatic rings. The van der Waals surface area contributed by atoms with Crippen LogP contribution in [0.4, 0.5) is 0 Å². The third-order valence-corrected chi connectivity index (χ3v) is 4.83.